The number of ether oxygens (including phenoxy) is 1. The summed E-state index contributed by atoms with van der Waals surface area (Å²) in [5, 5.41) is 3.54. The first-order valence-corrected chi connectivity index (χ1v) is 6.74. The number of hydrogen-bond donors (Lipinski definition) is 1. The molecule has 0 aromatic carbocycles. The van der Waals surface area contributed by atoms with Crippen molar-refractivity contribution >= 4 is 0 Å². The van der Waals surface area contributed by atoms with Crippen LogP contribution in [-0.4, -0.2) is 25.8 Å². The van der Waals surface area contributed by atoms with Crippen LogP contribution in [0.5, 0.6) is 0 Å². The van der Waals surface area contributed by atoms with Crippen LogP contribution in [-0.2, 0) is 4.74 Å². The third kappa shape index (κ3) is 8.88. The molecule has 1 rings (SSSR count). The Labute approximate surface area is 94.8 Å². The molecule has 0 radical (unpaired) electrons. The fraction of sp³-hybridized carbons (Fsp3) is 1.00. The summed E-state index contributed by atoms with van der Waals surface area (Å²) in [4.78, 5) is 0. The largest absolute Gasteiger partial charge is 0.381 e. The Bertz CT molecular complexity index is 134. The highest BCUT2D eigenvalue weighted by Gasteiger charge is 2.19. The lowest BCUT2D eigenvalue weighted by Gasteiger charge is -2.04. The summed E-state index contributed by atoms with van der Waals surface area (Å²) < 4.78 is 5.51. The van der Waals surface area contributed by atoms with Gasteiger partial charge in [-0.2, -0.15) is 0 Å². The molecule has 1 fully saturated rings. The maximum Gasteiger partial charge on any atom is 0.0466 e. The molecule has 0 bridgehead atoms. The topological polar surface area (TPSA) is 21.3 Å². The average molecular weight is 213 g/mol. The lowest BCUT2D eigenvalue weighted by molar-refractivity contribution is 0.127. The van der Waals surface area contributed by atoms with Gasteiger partial charge in [-0.15, -0.1) is 0 Å². The van der Waals surface area contributed by atoms with Crippen LogP contribution in [0.25, 0.3) is 0 Å². The van der Waals surface area contributed by atoms with Gasteiger partial charge >= 0.3 is 0 Å². The van der Waals surface area contributed by atoms with Crippen molar-refractivity contribution in [2.45, 2.75) is 64.3 Å². The highest BCUT2D eigenvalue weighted by atomic mass is 16.5. The van der Waals surface area contributed by atoms with Crippen LogP contribution < -0.4 is 5.32 Å². The molecule has 0 unspecified atom stereocenters. The lowest BCUT2D eigenvalue weighted by atomic mass is 10.2. The van der Waals surface area contributed by atoms with E-state index >= 15 is 0 Å². The molecule has 0 heterocycles. The second-order valence-electron chi connectivity index (χ2n) is 4.61. The van der Waals surface area contributed by atoms with E-state index < -0.39 is 0 Å². The molecular weight excluding hydrogens is 186 g/mol. The minimum absolute atomic E-state index is 0.877. The quantitative estimate of drug-likeness (QED) is 0.532. The maximum absolute atomic E-state index is 5.51. The van der Waals surface area contributed by atoms with Crippen LogP contribution in [0, 0.1) is 0 Å². The average Bonchev–Trinajstić information content (AvgIpc) is 3.05. The molecule has 2 nitrogen and oxygen atoms in total. The second-order valence-corrected chi connectivity index (χ2v) is 4.61. The van der Waals surface area contributed by atoms with Crippen LogP contribution in [0.2, 0.25) is 0 Å². The summed E-state index contributed by atoms with van der Waals surface area (Å²) >= 11 is 0. The summed E-state index contributed by atoms with van der Waals surface area (Å²) in [6.45, 7) is 5.35. The van der Waals surface area contributed by atoms with Gasteiger partial charge in [0, 0.05) is 19.3 Å². The van der Waals surface area contributed by atoms with Gasteiger partial charge in [0.25, 0.3) is 0 Å². The van der Waals surface area contributed by atoms with E-state index in [1.807, 2.05) is 0 Å². The number of hydrogen-bond acceptors (Lipinski definition) is 2. The first-order valence-electron chi connectivity index (χ1n) is 6.74. The third-order valence-corrected chi connectivity index (χ3v) is 2.87. The van der Waals surface area contributed by atoms with Gasteiger partial charge in [-0.05, 0) is 38.6 Å². The molecule has 0 aliphatic heterocycles. The summed E-state index contributed by atoms with van der Waals surface area (Å²) in [7, 11) is 0. The summed E-state index contributed by atoms with van der Waals surface area (Å²) in [6.07, 6.45) is 10.5. The van der Waals surface area contributed by atoms with Crippen molar-refractivity contribution in [2.24, 2.45) is 0 Å². The smallest absolute Gasteiger partial charge is 0.0466 e. The van der Waals surface area contributed by atoms with Crippen molar-refractivity contribution in [3.05, 3.63) is 0 Å². The van der Waals surface area contributed by atoms with E-state index in [1.165, 1.54) is 57.9 Å². The number of rotatable bonds is 11. The van der Waals surface area contributed by atoms with Gasteiger partial charge in [0.15, 0.2) is 0 Å². The van der Waals surface area contributed by atoms with E-state index in [1.54, 1.807) is 0 Å². The molecule has 0 saturated heterocycles. The Balaban J connectivity index is 1.62. The van der Waals surface area contributed by atoms with E-state index in [-0.39, 0.29) is 0 Å². The Kier molecular flexibility index (Phi) is 7.94. The van der Waals surface area contributed by atoms with Crippen molar-refractivity contribution in [3.63, 3.8) is 0 Å². The fourth-order valence-electron chi connectivity index (χ4n) is 1.62. The van der Waals surface area contributed by atoms with E-state index in [0.717, 1.165) is 19.3 Å². The Hall–Kier alpha value is -0.0800. The standard InChI is InChI=1S/C13H27NO/c1-2-3-11-15-12-7-5-4-6-10-14-13-8-9-13/h13-14H,2-12H2,1H3. The molecule has 90 valence electrons. The van der Waals surface area contributed by atoms with E-state index in [2.05, 4.69) is 12.2 Å². The molecule has 1 N–H and O–H groups in total. The van der Waals surface area contributed by atoms with Gasteiger partial charge in [-0.3, -0.25) is 0 Å². The monoisotopic (exact) mass is 213 g/mol. The van der Waals surface area contributed by atoms with E-state index in [4.69, 9.17) is 4.74 Å². The molecule has 0 amide bonds. The van der Waals surface area contributed by atoms with Crippen LogP contribution in [0.15, 0.2) is 0 Å². The van der Waals surface area contributed by atoms with Crippen LogP contribution >= 0.6 is 0 Å². The first kappa shape index (κ1) is 13.0. The molecule has 0 aromatic rings. The predicted molar refractivity (Wildman–Crippen MR) is 65.2 cm³/mol. The van der Waals surface area contributed by atoms with Crippen molar-refractivity contribution in [2.75, 3.05) is 19.8 Å². The predicted octanol–water partition coefficient (Wildman–Crippen LogP) is 3.12. The highest BCUT2D eigenvalue weighted by molar-refractivity contribution is 4.80. The van der Waals surface area contributed by atoms with Crippen LogP contribution in [0.1, 0.15) is 58.3 Å². The van der Waals surface area contributed by atoms with Crippen LogP contribution in [0.4, 0.5) is 0 Å². The SMILES string of the molecule is CCCCOCCCCCCNC1CC1. The number of nitrogens with one attached hydrogen (secondary N) is 1. The second kappa shape index (κ2) is 9.17. The normalized spacial score (nSPS) is 15.8. The van der Waals surface area contributed by atoms with Gasteiger partial charge < -0.3 is 10.1 Å². The van der Waals surface area contributed by atoms with Crippen molar-refractivity contribution in [3.8, 4) is 0 Å². The molecule has 1 saturated carbocycles. The summed E-state index contributed by atoms with van der Waals surface area (Å²) in [6, 6.07) is 0.877. The first-order chi connectivity index (χ1) is 7.43. The molecule has 2 heteroatoms. The van der Waals surface area contributed by atoms with Gasteiger partial charge in [-0.1, -0.05) is 26.2 Å². The minimum atomic E-state index is 0.877. The minimum Gasteiger partial charge on any atom is -0.381 e. The lowest BCUT2D eigenvalue weighted by Crippen LogP contribution is -2.17. The molecule has 1 aliphatic carbocycles. The van der Waals surface area contributed by atoms with Gasteiger partial charge in [-0.25, -0.2) is 0 Å². The zero-order valence-corrected chi connectivity index (χ0v) is 10.3. The van der Waals surface area contributed by atoms with Crippen molar-refractivity contribution < 1.29 is 4.74 Å². The molecular formula is C13H27NO. The van der Waals surface area contributed by atoms with Crippen molar-refractivity contribution in [1.29, 1.82) is 0 Å². The Morgan fingerprint density at radius 1 is 1.00 bits per heavy atom. The van der Waals surface area contributed by atoms with Crippen LogP contribution in [0.3, 0.4) is 0 Å². The summed E-state index contributed by atoms with van der Waals surface area (Å²) in [5.74, 6) is 0. The summed E-state index contributed by atoms with van der Waals surface area (Å²) in [5.41, 5.74) is 0. The highest BCUT2D eigenvalue weighted by Crippen LogP contribution is 2.18. The molecule has 1 aliphatic rings. The Morgan fingerprint density at radius 3 is 2.47 bits per heavy atom. The molecule has 0 aromatic heterocycles. The number of unbranched alkanes of at least 4 members (excludes halogenated alkanes) is 4. The van der Waals surface area contributed by atoms with Gasteiger partial charge in [0.2, 0.25) is 0 Å². The third-order valence-electron chi connectivity index (χ3n) is 2.87. The van der Waals surface area contributed by atoms with Gasteiger partial charge in [0.1, 0.15) is 0 Å². The van der Waals surface area contributed by atoms with Gasteiger partial charge in [0.05, 0.1) is 0 Å². The molecule has 15 heavy (non-hydrogen) atoms. The van der Waals surface area contributed by atoms with E-state index in [0.29, 0.717) is 0 Å². The van der Waals surface area contributed by atoms with E-state index in [9.17, 15) is 0 Å². The molecule has 0 spiro atoms. The maximum atomic E-state index is 5.51. The zero-order chi connectivity index (χ0) is 10.8. The Morgan fingerprint density at radius 2 is 1.73 bits per heavy atom. The zero-order valence-electron chi connectivity index (χ0n) is 10.3. The fourth-order valence-corrected chi connectivity index (χ4v) is 1.62. The van der Waals surface area contributed by atoms with Crippen molar-refractivity contribution in [1.82, 2.24) is 5.32 Å². The molecule has 0 atom stereocenters.